The van der Waals surface area contributed by atoms with Gasteiger partial charge in [-0.2, -0.15) is 0 Å². The molecule has 1 heterocycles. The number of hydrogen-bond donors (Lipinski definition) is 1. The van der Waals surface area contributed by atoms with E-state index in [9.17, 15) is 0 Å². The molecule has 1 aromatic rings. The topological polar surface area (TPSA) is 21.3 Å². The van der Waals surface area contributed by atoms with E-state index in [0.717, 1.165) is 26.3 Å². The van der Waals surface area contributed by atoms with Crippen molar-refractivity contribution in [3.63, 3.8) is 0 Å². The average Bonchev–Trinajstić information content (AvgIpc) is 2.25. The molecule has 1 fully saturated rings. The van der Waals surface area contributed by atoms with Crippen LogP contribution >= 0.6 is 11.8 Å². The van der Waals surface area contributed by atoms with Crippen molar-refractivity contribution in [2.75, 3.05) is 19.8 Å². The van der Waals surface area contributed by atoms with Gasteiger partial charge in [0, 0.05) is 11.4 Å². The fourth-order valence-corrected chi connectivity index (χ4v) is 3.00. The van der Waals surface area contributed by atoms with E-state index in [1.807, 2.05) is 11.8 Å². The molecule has 0 amide bonds. The Bertz CT molecular complexity index is 388. The first-order chi connectivity index (χ1) is 8.65. The van der Waals surface area contributed by atoms with Crippen LogP contribution in [0.2, 0.25) is 0 Å². The van der Waals surface area contributed by atoms with Crippen molar-refractivity contribution in [2.24, 2.45) is 5.92 Å². The van der Waals surface area contributed by atoms with Gasteiger partial charge in [-0.3, -0.25) is 0 Å². The van der Waals surface area contributed by atoms with E-state index in [1.165, 1.54) is 16.0 Å². The van der Waals surface area contributed by atoms with E-state index in [-0.39, 0.29) is 0 Å². The van der Waals surface area contributed by atoms with E-state index in [2.05, 4.69) is 44.3 Å². The second kappa shape index (κ2) is 6.60. The Morgan fingerprint density at radius 2 is 2.17 bits per heavy atom. The highest BCUT2D eigenvalue weighted by Crippen LogP contribution is 2.30. The summed E-state index contributed by atoms with van der Waals surface area (Å²) in [6, 6.07) is 6.79. The highest BCUT2D eigenvalue weighted by molar-refractivity contribution is 8.00. The Morgan fingerprint density at radius 1 is 1.39 bits per heavy atom. The van der Waals surface area contributed by atoms with Gasteiger partial charge in [-0.15, -0.1) is 11.8 Å². The Labute approximate surface area is 114 Å². The summed E-state index contributed by atoms with van der Waals surface area (Å²) in [5.41, 5.74) is 2.76. The fourth-order valence-electron chi connectivity index (χ4n) is 1.92. The quantitative estimate of drug-likeness (QED) is 0.853. The van der Waals surface area contributed by atoms with Crippen molar-refractivity contribution in [2.45, 2.75) is 37.5 Å². The van der Waals surface area contributed by atoms with Gasteiger partial charge in [0.1, 0.15) is 0 Å². The summed E-state index contributed by atoms with van der Waals surface area (Å²) in [6.45, 7) is 10.5. The number of rotatable bonds is 6. The SMILES string of the molecule is Cc1cc(CNCC(C)C)ccc1SC1COC1. The molecule has 2 nitrogen and oxygen atoms in total. The monoisotopic (exact) mass is 265 g/mol. The molecule has 1 saturated heterocycles. The molecular weight excluding hydrogens is 242 g/mol. The van der Waals surface area contributed by atoms with Gasteiger partial charge in [0.15, 0.2) is 0 Å². The van der Waals surface area contributed by atoms with E-state index >= 15 is 0 Å². The molecule has 0 aliphatic carbocycles. The third kappa shape index (κ3) is 4.01. The summed E-state index contributed by atoms with van der Waals surface area (Å²) >= 11 is 1.95. The van der Waals surface area contributed by atoms with Crippen LogP contribution in [0.4, 0.5) is 0 Å². The van der Waals surface area contributed by atoms with Crippen LogP contribution in [0.3, 0.4) is 0 Å². The van der Waals surface area contributed by atoms with Crippen LogP contribution in [-0.2, 0) is 11.3 Å². The van der Waals surface area contributed by atoms with Crippen LogP contribution in [0, 0.1) is 12.8 Å². The Balaban J connectivity index is 1.87. The lowest BCUT2D eigenvalue weighted by molar-refractivity contribution is 0.0455. The second-order valence-corrected chi connectivity index (χ2v) is 6.74. The summed E-state index contributed by atoms with van der Waals surface area (Å²) in [7, 11) is 0. The smallest absolute Gasteiger partial charge is 0.0611 e. The van der Waals surface area contributed by atoms with Gasteiger partial charge < -0.3 is 10.1 Å². The van der Waals surface area contributed by atoms with Gasteiger partial charge in [0.2, 0.25) is 0 Å². The largest absolute Gasteiger partial charge is 0.379 e. The first-order valence-corrected chi connectivity index (χ1v) is 7.57. The van der Waals surface area contributed by atoms with Crippen LogP contribution in [0.1, 0.15) is 25.0 Å². The number of nitrogens with one attached hydrogen (secondary N) is 1. The van der Waals surface area contributed by atoms with Crippen LogP contribution in [0.5, 0.6) is 0 Å². The van der Waals surface area contributed by atoms with Gasteiger partial charge in [-0.05, 0) is 36.6 Å². The van der Waals surface area contributed by atoms with Gasteiger partial charge in [0.25, 0.3) is 0 Å². The summed E-state index contributed by atoms with van der Waals surface area (Å²) in [5.74, 6) is 0.708. The Morgan fingerprint density at radius 3 is 2.72 bits per heavy atom. The van der Waals surface area contributed by atoms with Gasteiger partial charge in [0.05, 0.1) is 18.5 Å². The van der Waals surface area contributed by atoms with Crippen molar-refractivity contribution < 1.29 is 4.74 Å². The maximum absolute atomic E-state index is 5.22. The molecule has 0 atom stereocenters. The summed E-state index contributed by atoms with van der Waals surface area (Å²) < 4.78 is 5.22. The molecule has 0 bridgehead atoms. The molecule has 18 heavy (non-hydrogen) atoms. The first kappa shape index (κ1) is 13.9. The van der Waals surface area contributed by atoms with Crippen molar-refractivity contribution in [1.29, 1.82) is 0 Å². The normalized spacial score (nSPS) is 16.0. The lowest BCUT2D eigenvalue weighted by Gasteiger charge is -2.25. The minimum Gasteiger partial charge on any atom is -0.379 e. The third-order valence-corrected chi connectivity index (χ3v) is 4.34. The minimum absolute atomic E-state index is 0.661. The molecule has 1 aliphatic heterocycles. The second-order valence-electron chi connectivity index (χ2n) is 5.40. The number of ether oxygens (including phenoxy) is 1. The molecular formula is C15H23NOS. The van der Waals surface area contributed by atoms with E-state index < -0.39 is 0 Å². The number of aryl methyl sites for hydroxylation is 1. The van der Waals surface area contributed by atoms with Gasteiger partial charge >= 0.3 is 0 Å². The van der Waals surface area contributed by atoms with Crippen molar-refractivity contribution in [3.8, 4) is 0 Å². The Hall–Kier alpha value is -0.510. The zero-order valence-corrected chi connectivity index (χ0v) is 12.3. The maximum atomic E-state index is 5.22. The molecule has 0 radical (unpaired) electrons. The van der Waals surface area contributed by atoms with Crippen LogP contribution < -0.4 is 5.32 Å². The molecule has 3 heteroatoms. The minimum atomic E-state index is 0.661. The van der Waals surface area contributed by atoms with Crippen LogP contribution in [-0.4, -0.2) is 25.0 Å². The molecule has 2 rings (SSSR count). The van der Waals surface area contributed by atoms with Gasteiger partial charge in [-0.1, -0.05) is 26.0 Å². The number of benzene rings is 1. The molecule has 1 aliphatic rings. The third-order valence-electron chi connectivity index (χ3n) is 3.02. The van der Waals surface area contributed by atoms with Crippen molar-refractivity contribution in [1.82, 2.24) is 5.32 Å². The van der Waals surface area contributed by atoms with Gasteiger partial charge in [-0.25, -0.2) is 0 Å². The van der Waals surface area contributed by atoms with Crippen molar-refractivity contribution >= 4 is 11.8 Å². The summed E-state index contributed by atoms with van der Waals surface area (Å²) in [4.78, 5) is 1.40. The molecule has 1 N–H and O–H groups in total. The average molecular weight is 265 g/mol. The fraction of sp³-hybridized carbons (Fsp3) is 0.600. The standard InChI is InChI=1S/C15H23NOS/c1-11(2)7-16-8-13-4-5-15(12(3)6-13)18-14-9-17-10-14/h4-6,11,14,16H,7-10H2,1-3H3. The molecule has 0 spiro atoms. The molecule has 0 aromatic heterocycles. The highest BCUT2D eigenvalue weighted by Gasteiger charge is 2.20. The predicted molar refractivity (Wildman–Crippen MR) is 78.2 cm³/mol. The summed E-state index contributed by atoms with van der Waals surface area (Å²) in [6.07, 6.45) is 0. The molecule has 0 saturated carbocycles. The molecule has 0 unspecified atom stereocenters. The lowest BCUT2D eigenvalue weighted by atomic mass is 10.1. The highest BCUT2D eigenvalue weighted by atomic mass is 32.2. The van der Waals surface area contributed by atoms with E-state index in [4.69, 9.17) is 4.74 Å². The zero-order chi connectivity index (χ0) is 13.0. The maximum Gasteiger partial charge on any atom is 0.0611 e. The van der Waals surface area contributed by atoms with Crippen molar-refractivity contribution in [3.05, 3.63) is 29.3 Å². The first-order valence-electron chi connectivity index (χ1n) is 6.70. The zero-order valence-electron chi connectivity index (χ0n) is 11.5. The predicted octanol–water partition coefficient (Wildman–Crippen LogP) is 3.23. The van der Waals surface area contributed by atoms with Crippen LogP contribution in [0.25, 0.3) is 0 Å². The number of hydrogen-bond acceptors (Lipinski definition) is 3. The Kier molecular flexibility index (Phi) is 5.10. The number of thioether (sulfide) groups is 1. The lowest BCUT2D eigenvalue weighted by Crippen LogP contribution is -2.30. The summed E-state index contributed by atoms with van der Waals surface area (Å²) in [5, 5.41) is 4.14. The molecule has 1 aromatic carbocycles. The van der Waals surface area contributed by atoms with Crippen LogP contribution in [0.15, 0.2) is 23.1 Å². The molecule has 100 valence electrons. The van der Waals surface area contributed by atoms with E-state index in [1.54, 1.807) is 0 Å². The van der Waals surface area contributed by atoms with E-state index in [0.29, 0.717) is 11.2 Å².